The molecule has 3 nitrogen and oxygen atoms in total. The normalized spacial score (nSPS) is 39.4. The largest absolute Gasteiger partial charge is 0.374 e. The summed E-state index contributed by atoms with van der Waals surface area (Å²) in [5.74, 6) is 0.995. The van der Waals surface area contributed by atoms with Gasteiger partial charge in [-0.15, -0.1) is 0 Å². The molecule has 0 amide bonds. The third-order valence-corrected chi connectivity index (χ3v) is 4.03. The molecular weight excluding hydrogens is 176 g/mol. The first kappa shape index (κ1) is 9.13. The Balaban J connectivity index is 1.59. The molecule has 80 valence electrons. The van der Waals surface area contributed by atoms with Crippen LogP contribution in [-0.4, -0.2) is 49.8 Å². The Bertz CT molecular complexity index is 205. The van der Waals surface area contributed by atoms with Crippen molar-refractivity contribution in [1.82, 2.24) is 10.2 Å². The standard InChI is InChI=1S/C11H20N2O/c1-2-9(3-1)8-13-4-5-14-11-7-12-6-10(11)13/h9-12H,1-8H2/t10-,11-/m1/s1. The van der Waals surface area contributed by atoms with E-state index < -0.39 is 0 Å². The molecule has 0 unspecified atom stereocenters. The van der Waals surface area contributed by atoms with E-state index in [-0.39, 0.29) is 0 Å². The van der Waals surface area contributed by atoms with E-state index in [1.165, 1.54) is 25.8 Å². The number of nitrogens with zero attached hydrogens (tertiary/aromatic N) is 1. The molecule has 3 heteroatoms. The molecule has 2 saturated heterocycles. The second-order valence-corrected chi connectivity index (χ2v) is 4.93. The van der Waals surface area contributed by atoms with E-state index in [0.717, 1.165) is 32.2 Å². The highest BCUT2D eigenvalue weighted by molar-refractivity contribution is 4.93. The van der Waals surface area contributed by atoms with Gasteiger partial charge in [0, 0.05) is 32.2 Å². The van der Waals surface area contributed by atoms with Crippen LogP contribution < -0.4 is 5.32 Å². The number of hydrogen-bond acceptors (Lipinski definition) is 3. The Morgan fingerprint density at radius 2 is 2.21 bits per heavy atom. The van der Waals surface area contributed by atoms with Gasteiger partial charge in [0.15, 0.2) is 0 Å². The van der Waals surface area contributed by atoms with Gasteiger partial charge >= 0.3 is 0 Å². The Hall–Kier alpha value is -0.120. The van der Waals surface area contributed by atoms with Crippen LogP contribution in [0.25, 0.3) is 0 Å². The Morgan fingerprint density at radius 3 is 3.00 bits per heavy atom. The van der Waals surface area contributed by atoms with Gasteiger partial charge in [-0.3, -0.25) is 4.90 Å². The Kier molecular flexibility index (Phi) is 2.48. The van der Waals surface area contributed by atoms with Crippen LogP contribution in [0.2, 0.25) is 0 Å². The van der Waals surface area contributed by atoms with E-state index in [1.54, 1.807) is 0 Å². The van der Waals surface area contributed by atoms with Crippen molar-refractivity contribution in [3.8, 4) is 0 Å². The molecule has 0 spiro atoms. The highest BCUT2D eigenvalue weighted by Crippen LogP contribution is 2.29. The molecule has 0 radical (unpaired) electrons. The first-order valence-corrected chi connectivity index (χ1v) is 6.00. The number of morpholine rings is 1. The third kappa shape index (κ3) is 1.58. The monoisotopic (exact) mass is 196 g/mol. The van der Waals surface area contributed by atoms with Crippen molar-refractivity contribution in [2.24, 2.45) is 5.92 Å². The summed E-state index contributed by atoms with van der Waals surface area (Å²) in [6.45, 7) is 5.62. The van der Waals surface area contributed by atoms with Gasteiger partial charge in [-0.1, -0.05) is 6.42 Å². The number of nitrogens with one attached hydrogen (secondary N) is 1. The fourth-order valence-corrected chi connectivity index (χ4v) is 2.90. The molecule has 1 N–H and O–H groups in total. The molecule has 14 heavy (non-hydrogen) atoms. The molecule has 2 heterocycles. The minimum atomic E-state index is 0.476. The summed E-state index contributed by atoms with van der Waals surface area (Å²) in [5, 5.41) is 3.44. The molecule has 3 rings (SSSR count). The van der Waals surface area contributed by atoms with E-state index >= 15 is 0 Å². The minimum Gasteiger partial charge on any atom is -0.374 e. The summed E-state index contributed by atoms with van der Waals surface area (Å²) >= 11 is 0. The average Bonchev–Trinajstić information content (AvgIpc) is 2.59. The molecule has 0 aromatic rings. The minimum absolute atomic E-state index is 0.476. The highest BCUT2D eigenvalue weighted by atomic mass is 16.5. The van der Waals surface area contributed by atoms with E-state index in [9.17, 15) is 0 Å². The van der Waals surface area contributed by atoms with Crippen molar-refractivity contribution >= 4 is 0 Å². The lowest BCUT2D eigenvalue weighted by molar-refractivity contribution is -0.0552. The summed E-state index contributed by atoms with van der Waals surface area (Å²) in [7, 11) is 0. The molecule has 0 aromatic carbocycles. The second kappa shape index (κ2) is 3.80. The average molecular weight is 196 g/mol. The van der Waals surface area contributed by atoms with Crippen molar-refractivity contribution in [3.63, 3.8) is 0 Å². The van der Waals surface area contributed by atoms with Gasteiger partial charge < -0.3 is 10.1 Å². The zero-order chi connectivity index (χ0) is 9.38. The first-order valence-electron chi connectivity index (χ1n) is 6.00. The Morgan fingerprint density at radius 1 is 1.29 bits per heavy atom. The lowest BCUT2D eigenvalue weighted by Gasteiger charge is -2.40. The van der Waals surface area contributed by atoms with Crippen molar-refractivity contribution < 1.29 is 4.74 Å². The third-order valence-electron chi connectivity index (χ3n) is 4.03. The van der Waals surface area contributed by atoms with Crippen molar-refractivity contribution in [3.05, 3.63) is 0 Å². The molecule has 3 aliphatic rings. The van der Waals surface area contributed by atoms with Crippen LogP contribution in [-0.2, 0) is 4.74 Å². The van der Waals surface area contributed by atoms with Crippen LogP contribution in [0.3, 0.4) is 0 Å². The van der Waals surface area contributed by atoms with E-state index in [4.69, 9.17) is 4.74 Å². The maximum atomic E-state index is 5.76. The molecule has 1 aliphatic carbocycles. The van der Waals surface area contributed by atoms with Crippen LogP contribution in [0, 0.1) is 5.92 Å². The quantitative estimate of drug-likeness (QED) is 0.694. The van der Waals surface area contributed by atoms with Gasteiger partial charge in [-0.25, -0.2) is 0 Å². The predicted molar refractivity (Wildman–Crippen MR) is 55.3 cm³/mol. The number of rotatable bonds is 2. The van der Waals surface area contributed by atoms with Crippen molar-refractivity contribution in [2.75, 3.05) is 32.8 Å². The summed E-state index contributed by atoms with van der Waals surface area (Å²) in [6.07, 6.45) is 4.86. The maximum absolute atomic E-state index is 5.76. The predicted octanol–water partition coefficient (Wildman–Crippen LogP) is 0.459. The molecule has 0 bridgehead atoms. The van der Waals surface area contributed by atoms with E-state index in [0.29, 0.717) is 12.1 Å². The number of fused-ring (bicyclic) bond motifs is 1. The summed E-state index contributed by atoms with van der Waals surface area (Å²) in [5.41, 5.74) is 0. The van der Waals surface area contributed by atoms with Crippen LogP contribution in [0.15, 0.2) is 0 Å². The molecule has 2 aliphatic heterocycles. The maximum Gasteiger partial charge on any atom is 0.0867 e. The fourth-order valence-electron chi connectivity index (χ4n) is 2.90. The SMILES string of the molecule is C1CC(CN2CCO[C@@H]3CNC[C@H]32)C1. The Labute approximate surface area is 85.8 Å². The zero-order valence-electron chi connectivity index (χ0n) is 8.74. The summed E-state index contributed by atoms with van der Waals surface area (Å²) in [4.78, 5) is 2.66. The van der Waals surface area contributed by atoms with E-state index in [1.807, 2.05) is 0 Å². The fraction of sp³-hybridized carbons (Fsp3) is 1.00. The van der Waals surface area contributed by atoms with E-state index in [2.05, 4.69) is 10.2 Å². The zero-order valence-corrected chi connectivity index (χ0v) is 8.74. The smallest absolute Gasteiger partial charge is 0.0867 e. The van der Waals surface area contributed by atoms with Crippen LogP contribution in [0.4, 0.5) is 0 Å². The molecular formula is C11H20N2O. The number of hydrogen-bond donors (Lipinski definition) is 1. The second-order valence-electron chi connectivity index (χ2n) is 4.93. The molecule has 3 fully saturated rings. The topological polar surface area (TPSA) is 24.5 Å². The van der Waals surface area contributed by atoms with Crippen LogP contribution in [0.1, 0.15) is 19.3 Å². The number of ether oxygens (including phenoxy) is 1. The van der Waals surface area contributed by atoms with Gasteiger partial charge in [0.2, 0.25) is 0 Å². The molecule has 0 aromatic heterocycles. The van der Waals surface area contributed by atoms with Crippen LogP contribution >= 0.6 is 0 Å². The van der Waals surface area contributed by atoms with Gasteiger partial charge in [-0.05, 0) is 18.8 Å². The summed E-state index contributed by atoms with van der Waals surface area (Å²) in [6, 6.07) is 0.671. The van der Waals surface area contributed by atoms with Crippen molar-refractivity contribution in [1.29, 1.82) is 0 Å². The van der Waals surface area contributed by atoms with Crippen molar-refractivity contribution in [2.45, 2.75) is 31.4 Å². The molecule has 2 atom stereocenters. The van der Waals surface area contributed by atoms with Crippen LogP contribution in [0.5, 0.6) is 0 Å². The van der Waals surface area contributed by atoms with Gasteiger partial charge in [0.25, 0.3) is 0 Å². The summed E-state index contributed by atoms with van der Waals surface area (Å²) < 4.78 is 5.76. The highest BCUT2D eigenvalue weighted by Gasteiger charge is 2.37. The lowest BCUT2D eigenvalue weighted by Crippen LogP contribution is -2.52. The van der Waals surface area contributed by atoms with Gasteiger partial charge in [-0.2, -0.15) is 0 Å². The van der Waals surface area contributed by atoms with Gasteiger partial charge in [0.05, 0.1) is 12.7 Å². The first-order chi connectivity index (χ1) is 6.93. The molecule has 1 saturated carbocycles. The van der Waals surface area contributed by atoms with Gasteiger partial charge in [0.1, 0.15) is 0 Å². The lowest BCUT2D eigenvalue weighted by atomic mass is 9.84.